The smallest absolute Gasteiger partial charge is 0.242 e. The molecule has 2 N–H and O–H groups in total. The van der Waals surface area contributed by atoms with Crippen molar-refractivity contribution < 1.29 is 4.79 Å². The number of nitrogens with zero attached hydrogens (tertiary/aromatic N) is 2. The topological polar surface area (TPSA) is 49.6 Å². The van der Waals surface area contributed by atoms with Crippen molar-refractivity contribution in [2.24, 2.45) is 5.73 Å². The minimum absolute atomic E-state index is 0. The molecule has 4 nitrogen and oxygen atoms in total. The number of rotatable bonds is 5. The third kappa shape index (κ3) is 5.20. The largest absolute Gasteiger partial charge is 0.339 e. The van der Waals surface area contributed by atoms with Gasteiger partial charge < -0.3 is 10.6 Å². The van der Waals surface area contributed by atoms with Crippen molar-refractivity contribution in [2.75, 3.05) is 26.2 Å². The Bertz CT molecular complexity index is 511. The van der Waals surface area contributed by atoms with E-state index in [1.807, 2.05) is 11.8 Å². The van der Waals surface area contributed by atoms with E-state index < -0.39 is 5.54 Å². The zero-order chi connectivity index (χ0) is 16.2. The van der Waals surface area contributed by atoms with Gasteiger partial charge in [0.15, 0.2) is 0 Å². The minimum Gasteiger partial charge on any atom is -0.339 e. The Morgan fingerprint density at radius 2 is 1.83 bits per heavy atom. The van der Waals surface area contributed by atoms with Crippen LogP contribution in [-0.2, 0) is 11.3 Å². The third-order valence-corrected chi connectivity index (χ3v) is 4.57. The van der Waals surface area contributed by atoms with Crippen molar-refractivity contribution in [3.8, 4) is 0 Å². The molecule has 1 aromatic rings. The maximum atomic E-state index is 12.5. The molecule has 1 amide bonds. The summed E-state index contributed by atoms with van der Waals surface area (Å²) in [6, 6.07) is 8.50. The van der Waals surface area contributed by atoms with Gasteiger partial charge in [-0.1, -0.05) is 37.6 Å². The van der Waals surface area contributed by atoms with Crippen molar-refractivity contribution in [2.45, 2.75) is 45.7 Å². The van der Waals surface area contributed by atoms with Gasteiger partial charge in [0.05, 0.1) is 5.54 Å². The van der Waals surface area contributed by atoms with Gasteiger partial charge in [-0.25, -0.2) is 0 Å². The first kappa shape index (κ1) is 19.9. The number of aryl methyl sites for hydroxylation is 1. The minimum atomic E-state index is -0.715. The van der Waals surface area contributed by atoms with Crippen LogP contribution >= 0.6 is 12.4 Å². The van der Waals surface area contributed by atoms with E-state index in [1.165, 1.54) is 11.1 Å². The van der Waals surface area contributed by atoms with Crippen LogP contribution in [0.15, 0.2) is 24.3 Å². The molecule has 23 heavy (non-hydrogen) atoms. The van der Waals surface area contributed by atoms with Crippen LogP contribution in [0.25, 0.3) is 0 Å². The molecular formula is C18H30ClN3O. The highest BCUT2D eigenvalue weighted by Gasteiger charge is 2.33. The average Bonchev–Trinajstić information content (AvgIpc) is 2.49. The summed E-state index contributed by atoms with van der Waals surface area (Å²) in [6.45, 7) is 10.4. The molecule has 1 unspecified atom stereocenters. The van der Waals surface area contributed by atoms with Crippen LogP contribution in [0.2, 0.25) is 0 Å². The molecule has 0 aromatic heterocycles. The number of benzene rings is 1. The molecule has 130 valence electrons. The van der Waals surface area contributed by atoms with E-state index in [0.717, 1.165) is 45.6 Å². The second-order valence-electron chi connectivity index (χ2n) is 6.66. The molecule has 1 aliphatic rings. The normalized spacial score (nSPS) is 18.2. The number of hydrogen-bond donors (Lipinski definition) is 1. The van der Waals surface area contributed by atoms with Crippen molar-refractivity contribution in [3.63, 3.8) is 0 Å². The molecule has 1 heterocycles. The maximum absolute atomic E-state index is 12.5. The first-order chi connectivity index (χ1) is 10.4. The lowest BCUT2D eigenvalue weighted by atomic mass is 9.95. The Morgan fingerprint density at radius 3 is 2.39 bits per heavy atom. The zero-order valence-electron chi connectivity index (χ0n) is 14.5. The number of piperazine rings is 1. The standard InChI is InChI=1S/C18H29N3O.ClH/c1-4-9-18(3,19)17(22)21-12-10-20(11-13-21)14-16-8-6-5-7-15(16)2;/h5-8H,4,9-14,19H2,1-3H3;1H. The Labute approximate surface area is 146 Å². The van der Waals surface area contributed by atoms with Gasteiger partial charge in [0.2, 0.25) is 5.91 Å². The second-order valence-corrected chi connectivity index (χ2v) is 6.66. The van der Waals surface area contributed by atoms with Gasteiger partial charge >= 0.3 is 0 Å². The molecule has 1 aromatic carbocycles. The van der Waals surface area contributed by atoms with Crippen molar-refractivity contribution in [3.05, 3.63) is 35.4 Å². The number of carbonyl (C=O) groups is 1. The van der Waals surface area contributed by atoms with Gasteiger partial charge in [-0.05, 0) is 31.4 Å². The van der Waals surface area contributed by atoms with Crippen LogP contribution in [0.1, 0.15) is 37.8 Å². The zero-order valence-corrected chi connectivity index (χ0v) is 15.4. The highest BCUT2D eigenvalue weighted by molar-refractivity contribution is 5.86. The van der Waals surface area contributed by atoms with Gasteiger partial charge in [0.25, 0.3) is 0 Å². The van der Waals surface area contributed by atoms with E-state index in [-0.39, 0.29) is 18.3 Å². The lowest BCUT2D eigenvalue weighted by molar-refractivity contribution is -0.138. The fourth-order valence-corrected chi connectivity index (χ4v) is 3.12. The van der Waals surface area contributed by atoms with Gasteiger partial charge in [-0.15, -0.1) is 12.4 Å². The van der Waals surface area contributed by atoms with Crippen LogP contribution in [-0.4, -0.2) is 47.4 Å². The van der Waals surface area contributed by atoms with Crippen molar-refractivity contribution in [1.29, 1.82) is 0 Å². The molecular weight excluding hydrogens is 310 g/mol. The van der Waals surface area contributed by atoms with Crippen LogP contribution in [0, 0.1) is 6.92 Å². The van der Waals surface area contributed by atoms with E-state index in [1.54, 1.807) is 0 Å². The molecule has 1 atom stereocenters. The van der Waals surface area contributed by atoms with E-state index in [9.17, 15) is 4.79 Å². The number of hydrogen-bond acceptors (Lipinski definition) is 3. The monoisotopic (exact) mass is 339 g/mol. The molecule has 1 aliphatic heterocycles. The first-order valence-electron chi connectivity index (χ1n) is 8.29. The number of carbonyl (C=O) groups excluding carboxylic acids is 1. The molecule has 0 radical (unpaired) electrons. The summed E-state index contributed by atoms with van der Waals surface area (Å²) < 4.78 is 0. The van der Waals surface area contributed by atoms with E-state index in [4.69, 9.17) is 5.73 Å². The summed E-state index contributed by atoms with van der Waals surface area (Å²) in [7, 11) is 0. The molecule has 5 heteroatoms. The molecule has 0 bridgehead atoms. The lowest BCUT2D eigenvalue weighted by Crippen LogP contribution is -2.58. The summed E-state index contributed by atoms with van der Waals surface area (Å²) in [4.78, 5) is 16.9. The highest BCUT2D eigenvalue weighted by Crippen LogP contribution is 2.16. The predicted molar refractivity (Wildman–Crippen MR) is 97.8 cm³/mol. The van der Waals surface area contributed by atoms with Crippen molar-refractivity contribution in [1.82, 2.24) is 9.80 Å². The fraction of sp³-hybridized carbons (Fsp3) is 0.611. The van der Waals surface area contributed by atoms with Crippen LogP contribution in [0.4, 0.5) is 0 Å². The van der Waals surface area contributed by atoms with Crippen LogP contribution < -0.4 is 5.73 Å². The second kappa shape index (κ2) is 8.67. The molecule has 1 saturated heterocycles. The Balaban J connectivity index is 0.00000264. The molecule has 0 saturated carbocycles. The SMILES string of the molecule is CCCC(C)(N)C(=O)N1CCN(Cc2ccccc2C)CC1.Cl. The summed E-state index contributed by atoms with van der Waals surface area (Å²) >= 11 is 0. The highest BCUT2D eigenvalue weighted by atomic mass is 35.5. The molecule has 0 spiro atoms. The van der Waals surface area contributed by atoms with E-state index in [0.29, 0.717) is 0 Å². The summed E-state index contributed by atoms with van der Waals surface area (Å²) in [5.74, 6) is 0.102. The van der Waals surface area contributed by atoms with Gasteiger partial charge in [-0.3, -0.25) is 9.69 Å². The van der Waals surface area contributed by atoms with Crippen LogP contribution in [0.5, 0.6) is 0 Å². The number of amides is 1. The Hall–Kier alpha value is -1.10. The predicted octanol–water partition coefficient (Wildman–Crippen LogP) is 2.58. The quantitative estimate of drug-likeness (QED) is 0.897. The first-order valence-corrected chi connectivity index (χ1v) is 8.29. The number of nitrogens with two attached hydrogens (primary N) is 1. The van der Waals surface area contributed by atoms with Gasteiger partial charge in [0.1, 0.15) is 0 Å². The summed E-state index contributed by atoms with van der Waals surface area (Å²) in [5.41, 5.74) is 8.16. The maximum Gasteiger partial charge on any atom is 0.242 e. The molecule has 1 fully saturated rings. The van der Waals surface area contributed by atoms with E-state index in [2.05, 4.69) is 43.0 Å². The third-order valence-electron chi connectivity index (χ3n) is 4.57. The van der Waals surface area contributed by atoms with Gasteiger partial charge in [-0.2, -0.15) is 0 Å². The average molecular weight is 340 g/mol. The Morgan fingerprint density at radius 1 is 1.22 bits per heavy atom. The summed E-state index contributed by atoms with van der Waals surface area (Å²) in [5, 5.41) is 0. The lowest BCUT2D eigenvalue weighted by Gasteiger charge is -2.38. The fourth-order valence-electron chi connectivity index (χ4n) is 3.12. The summed E-state index contributed by atoms with van der Waals surface area (Å²) in [6.07, 6.45) is 1.68. The van der Waals surface area contributed by atoms with Gasteiger partial charge in [0, 0.05) is 32.7 Å². The number of halogens is 1. The Kier molecular flexibility index (Phi) is 7.52. The molecule has 0 aliphatic carbocycles. The van der Waals surface area contributed by atoms with Crippen LogP contribution in [0.3, 0.4) is 0 Å². The molecule has 2 rings (SSSR count). The van der Waals surface area contributed by atoms with E-state index >= 15 is 0 Å². The van der Waals surface area contributed by atoms with Crippen molar-refractivity contribution >= 4 is 18.3 Å².